The Balaban J connectivity index is 1.25. The van der Waals surface area contributed by atoms with Crippen LogP contribution in [0.1, 0.15) is 44.3 Å². The summed E-state index contributed by atoms with van der Waals surface area (Å²) in [7, 11) is 0. The first-order valence-corrected chi connectivity index (χ1v) is 18.0. The number of hydrogen-bond donors (Lipinski definition) is 4. The second kappa shape index (κ2) is 15.0. The Labute approximate surface area is 289 Å². The molecule has 4 N–H and O–H groups in total. The van der Waals surface area contributed by atoms with Crippen LogP contribution >= 0.6 is 46.2 Å². The van der Waals surface area contributed by atoms with E-state index in [0.717, 1.165) is 39.1 Å². The zero-order valence-corrected chi connectivity index (χ0v) is 28.9. The molecule has 0 aromatic carbocycles. The molecule has 2 aliphatic heterocycles. The highest BCUT2D eigenvalue weighted by molar-refractivity contribution is 8.01. The number of rotatable bonds is 14. The van der Waals surface area contributed by atoms with Gasteiger partial charge < -0.3 is 25.7 Å². The summed E-state index contributed by atoms with van der Waals surface area (Å²) in [6.07, 6.45) is 4.08. The van der Waals surface area contributed by atoms with Crippen molar-refractivity contribution in [2.75, 3.05) is 16.8 Å². The third kappa shape index (κ3) is 8.32. The number of anilines is 1. The highest BCUT2D eigenvalue weighted by Gasteiger charge is 2.54. The zero-order chi connectivity index (χ0) is 34.6. The number of carbonyl (C=O) groups excluding carboxylic acids is 3. The van der Waals surface area contributed by atoms with Gasteiger partial charge in [0.25, 0.3) is 11.8 Å². The molecular formula is C27H30N8O9S4. The molecule has 0 saturated carbocycles. The van der Waals surface area contributed by atoms with Crippen molar-refractivity contribution >= 4 is 87.3 Å². The van der Waals surface area contributed by atoms with E-state index in [1.807, 2.05) is 12.2 Å². The van der Waals surface area contributed by atoms with Crippen LogP contribution in [0.25, 0.3) is 0 Å². The molecule has 0 spiro atoms. The minimum atomic E-state index is -1.29. The predicted octanol–water partition coefficient (Wildman–Crippen LogP) is 2.74. The van der Waals surface area contributed by atoms with E-state index in [1.54, 1.807) is 20.8 Å². The maximum atomic E-state index is 13.4. The second-order valence-corrected chi connectivity index (χ2v) is 15.5. The Hall–Kier alpha value is -4.05. The zero-order valence-electron chi connectivity index (χ0n) is 25.6. The lowest BCUT2D eigenvalue weighted by atomic mass is 10.0. The van der Waals surface area contributed by atoms with Gasteiger partial charge in [-0.25, -0.2) is 14.6 Å². The summed E-state index contributed by atoms with van der Waals surface area (Å²) >= 11 is 4.72. The van der Waals surface area contributed by atoms with Crippen molar-refractivity contribution in [1.29, 1.82) is 0 Å². The van der Waals surface area contributed by atoms with E-state index in [2.05, 4.69) is 31.0 Å². The lowest BCUT2D eigenvalue weighted by molar-refractivity contribution is -0.208. The van der Waals surface area contributed by atoms with E-state index < -0.39 is 40.9 Å². The van der Waals surface area contributed by atoms with Crippen LogP contribution in [0.15, 0.2) is 38.3 Å². The number of nitrogens with one attached hydrogen (secondary N) is 2. The van der Waals surface area contributed by atoms with Gasteiger partial charge in [0.1, 0.15) is 40.5 Å². The molecule has 1 saturated heterocycles. The van der Waals surface area contributed by atoms with Crippen molar-refractivity contribution in [3.8, 4) is 0 Å². The monoisotopic (exact) mass is 738 g/mol. The number of oxime groups is 1. The van der Waals surface area contributed by atoms with Crippen molar-refractivity contribution in [3.63, 3.8) is 0 Å². The molecule has 4 heterocycles. The number of aliphatic carboxylic acids is 1. The molecule has 0 bridgehead atoms. The standard InChI is InChI=1S/C27H30N8O9S4/c1-27(2,3)44-34(26(41)42)8-16-31-32-25(48-16)47-10-13-9-45-22-18(21(38)35(22)19(13)23(39)40)30-20(37)17(33-43-14-6-4-5-7-14)15-11-46-24(29-15)28-12-36/h4,6,11-12,14,18,22H,5,7-10H2,1-3H3,(H,30,37)(H,39,40)(H,41,42)(H,28,29,36)/t14?,18?,22-/m0/s1. The molecule has 1 aliphatic carbocycles. The van der Waals surface area contributed by atoms with Crippen LogP contribution in [0, 0.1) is 0 Å². The number of aromatic nitrogens is 3. The third-order valence-corrected chi connectivity index (χ3v) is 10.9. The van der Waals surface area contributed by atoms with Gasteiger partial charge in [-0.15, -0.1) is 33.3 Å². The molecule has 0 radical (unpaired) electrons. The Morgan fingerprint density at radius 3 is 2.73 bits per heavy atom. The van der Waals surface area contributed by atoms with Gasteiger partial charge in [-0.1, -0.05) is 34.3 Å². The van der Waals surface area contributed by atoms with Crippen molar-refractivity contribution in [2.24, 2.45) is 5.16 Å². The first-order chi connectivity index (χ1) is 22.8. The van der Waals surface area contributed by atoms with E-state index in [1.165, 1.54) is 28.9 Å². The number of amides is 4. The number of β-lactam (4-membered cyclic amide) rings is 1. The van der Waals surface area contributed by atoms with E-state index in [9.17, 15) is 34.2 Å². The topological polar surface area (TPSA) is 226 Å². The van der Waals surface area contributed by atoms with Crippen LogP contribution in [-0.4, -0.2) is 106 Å². The molecule has 256 valence electrons. The number of thiazole rings is 1. The summed E-state index contributed by atoms with van der Waals surface area (Å²) in [6.45, 7) is 5.01. The molecular weight excluding hydrogens is 709 g/mol. The van der Waals surface area contributed by atoms with Crippen LogP contribution in [-0.2, 0) is 35.4 Å². The van der Waals surface area contributed by atoms with Crippen molar-refractivity contribution in [3.05, 3.63) is 39.5 Å². The number of carbonyl (C=O) groups is 5. The third-order valence-electron chi connectivity index (χ3n) is 6.62. The van der Waals surface area contributed by atoms with Gasteiger partial charge in [0.2, 0.25) is 6.41 Å². The minimum Gasteiger partial charge on any atom is -0.477 e. The van der Waals surface area contributed by atoms with E-state index >= 15 is 0 Å². The number of hydrogen-bond acceptors (Lipinski definition) is 15. The molecule has 3 atom stereocenters. The lowest BCUT2D eigenvalue weighted by Gasteiger charge is -2.49. The highest BCUT2D eigenvalue weighted by Crippen LogP contribution is 2.42. The van der Waals surface area contributed by atoms with Crippen molar-refractivity contribution in [1.82, 2.24) is 30.5 Å². The predicted molar refractivity (Wildman–Crippen MR) is 176 cm³/mol. The summed E-state index contributed by atoms with van der Waals surface area (Å²) < 4.78 is 0.478. The number of fused-ring (bicyclic) bond motifs is 1. The summed E-state index contributed by atoms with van der Waals surface area (Å²) in [5.74, 6) is -2.20. The van der Waals surface area contributed by atoms with Gasteiger partial charge in [0.15, 0.2) is 15.2 Å². The molecule has 21 heteroatoms. The van der Waals surface area contributed by atoms with Gasteiger partial charge in [-0.2, -0.15) is 5.06 Å². The second-order valence-electron chi connectivity index (χ2n) is 11.3. The maximum absolute atomic E-state index is 13.4. The maximum Gasteiger partial charge on any atom is 0.431 e. The van der Waals surface area contributed by atoms with E-state index in [4.69, 9.17) is 9.68 Å². The van der Waals surface area contributed by atoms with Gasteiger partial charge in [0, 0.05) is 16.9 Å². The highest BCUT2D eigenvalue weighted by atomic mass is 32.2. The molecule has 4 amide bonds. The first kappa shape index (κ1) is 35.3. The number of nitrogens with zero attached hydrogens (tertiary/aromatic N) is 6. The van der Waals surface area contributed by atoms with E-state index in [0.29, 0.717) is 27.8 Å². The smallest absolute Gasteiger partial charge is 0.431 e. The fourth-order valence-electron chi connectivity index (χ4n) is 4.62. The number of thioether (sulfide) groups is 2. The van der Waals surface area contributed by atoms with Crippen LogP contribution in [0.2, 0.25) is 0 Å². The Bertz CT molecular complexity index is 1680. The van der Waals surface area contributed by atoms with Crippen LogP contribution in [0.5, 0.6) is 0 Å². The number of carboxylic acid groups (broad SMARTS) is 2. The normalized spacial score (nSPS) is 20.6. The fraction of sp³-hybridized carbons (Fsp3) is 0.444. The molecule has 1 fully saturated rings. The Kier molecular flexibility index (Phi) is 11.0. The van der Waals surface area contributed by atoms with Crippen molar-refractivity contribution < 1.29 is 43.9 Å². The van der Waals surface area contributed by atoms with Crippen molar-refractivity contribution in [2.45, 2.75) is 67.6 Å². The minimum absolute atomic E-state index is 0.131. The van der Waals surface area contributed by atoms with Crippen LogP contribution in [0.3, 0.4) is 0 Å². The van der Waals surface area contributed by atoms with Crippen LogP contribution in [0.4, 0.5) is 9.93 Å². The average molecular weight is 739 g/mol. The number of allylic oxidation sites excluding steroid dienone is 1. The molecule has 2 aromatic rings. The quantitative estimate of drug-likeness (QED) is 0.0546. The van der Waals surface area contributed by atoms with Gasteiger partial charge in [-0.05, 0) is 45.3 Å². The van der Waals surface area contributed by atoms with Gasteiger partial charge in [0.05, 0.1) is 5.60 Å². The SMILES string of the molecule is CC(C)(C)ON(Cc1nnc(SCC2=C(C(=O)O)N3C(=O)C(NC(=O)C(=NOC4C=CCC4)c4csc(NC=O)n4)[C@@H]3SC2)s1)C(=O)O. The number of hydroxylamine groups is 2. The molecule has 3 aliphatic rings. The van der Waals surface area contributed by atoms with E-state index in [-0.39, 0.29) is 46.4 Å². The van der Waals surface area contributed by atoms with Crippen LogP contribution < -0.4 is 10.6 Å². The summed E-state index contributed by atoms with van der Waals surface area (Å²) in [5.41, 5.74) is -0.505. The Morgan fingerprint density at radius 2 is 2.06 bits per heavy atom. The summed E-state index contributed by atoms with van der Waals surface area (Å²) in [6, 6.07) is -1.04. The van der Waals surface area contributed by atoms with Gasteiger partial charge >= 0.3 is 12.1 Å². The molecule has 2 unspecified atom stereocenters. The molecule has 17 nitrogen and oxygen atoms in total. The molecule has 2 aromatic heterocycles. The lowest BCUT2D eigenvalue weighted by Crippen LogP contribution is -2.71. The molecule has 48 heavy (non-hydrogen) atoms. The average Bonchev–Trinajstić information content (AvgIpc) is 3.81. The first-order valence-electron chi connectivity index (χ1n) is 14.3. The fourth-order valence-corrected chi connectivity index (χ4v) is 8.64. The summed E-state index contributed by atoms with van der Waals surface area (Å²) in [5, 5.41) is 39.0. The molecule has 5 rings (SSSR count). The number of carboxylic acids is 1. The Morgan fingerprint density at radius 1 is 1.27 bits per heavy atom. The largest absolute Gasteiger partial charge is 0.477 e. The van der Waals surface area contributed by atoms with Gasteiger partial charge in [-0.3, -0.25) is 24.1 Å². The summed E-state index contributed by atoms with van der Waals surface area (Å²) in [4.78, 5) is 77.9.